The average Bonchev–Trinajstić information content (AvgIpc) is 0. The number of hydrogen-bond donors (Lipinski definition) is 0. The summed E-state index contributed by atoms with van der Waals surface area (Å²) in [6.07, 6.45) is 0. The molecule has 0 rings (SSSR count). The minimum atomic E-state index is 0. The minimum absolute atomic E-state index is 0. The Labute approximate surface area is 68.9 Å². The van der Waals surface area contributed by atoms with E-state index >= 15 is 0 Å². The molecule has 0 nitrogen and oxygen atoms in total. The van der Waals surface area contributed by atoms with Crippen molar-refractivity contribution >= 4 is 23.1 Å². The predicted molar refractivity (Wildman–Crippen MR) is 5.75 cm³/mol. The second-order valence-corrected chi connectivity index (χ2v) is 0. The van der Waals surface area contributed by atoms with Gasteiger partial charge in [-0.25, -0.2) is 0 Å². The SMILES string of the molecule is [Cl-].[F-].[Mg+2].[Na+]. The molecule has 0 aromatic rings. The fourth-order valence-corrected chi connectivity index (χ4v) is 0. The molecule has 4 heavy (non-hydrogen) atoms. The summed E-state index contributed by atoms with van der Waals surface area (Å²) in [5.41, 5.74) is 0. The van der Waals surface area contributed by atoms with Crippen LogP contribution in [0.1, 0.15) is 0 Å². The summed E-state index contributed by atoms with van der Waals surface area (Å²) in [6.45, 7) is 0. The van der Waals surface area contributed by atoms with Gasteiger partial charge in [0.25, 0.3) is 0 Å². The molecule has 4 heteroatoms. The summed E-state index contributed by atoms with van der Waals surface area (Å²) in [5.74, 6) is 0. The van der Waals surface area contributed by atoms with Gasteiger partial charge in [0.2, 0.25) is 0 Å². The minimum Gasteiger partial charge on any atom is -1.00 e. The van der Waals surface area contributed by atoms with Crippen LogP contribution in [0.25, 0.3) is 0 Å². The average molecular weight is 102 g/mol. The van der Waals surface area contributed by atoms with Gasteiger partial charge in [-0.05, 0) is 0 Å². The molecule has 0 fully saturated rings. The summed E-state index contributed by atoms with van der Waals surface area (Å²) >= 11 is 0. The van der Waals surface area contributed by atoms with Gasteiger partial charge in [0.1, 0.15) is 0 Å². The maximum atomic E-state index is 0. The maximum absolute atomic E-state index is 0. The largest absolute Gasteiger partial charge is 2.00 e. The fourth-order valence-electron chi connectivity index (χ4n) is 0. The monoisotopic (exact) mass is 101 g/mol. The van der Waals surface area contributed by atoms with Gasteiger partial charge < -0.3 is 17.1 Å². The van der Waals surface area contributed by atoms with E-state index in [9.17, 15) is 0 Å². The fraction of sp³-hybridized carbons (Fsp3) is 0. The molecule has 0 N–H and O–H groups in total. The molecule has 0 atom stereocenters. The zero-order valence-corrected chi connectivity index (χ0v) is 6.63. The van der Waals surface area contributed by atoms with Crippen LogP contribution >= 0.6 is 0 Å². The molecule has 0 saturated heterocycles. The molecule has 0 aromatic carbocycles. The Morgan fingerprint density at radius 3 is 1.00 bits per heavy atom. The topological polar surface area (TPSA) is 0 Å². The van der Waals surface area contributed by atoms with Crippen molar-refractivity contribution in [3.63, 3.8) is 0 Å². The quantitative estimate of drug-likeness (QED) is 0.266. The smallest absolute Gasteiger partial charge is 1.00 e. The molecule has 0 aromatic heterocycles. The first-order valence-corrected chi connectivity index (χ1v) is 0. The van der Waals surface area contributed by atoms with E-state index in [4.69, 9.17) is 0 Å². The first-order valence-electron chi connectivity index (χ1n) is 0. The van der Waals surface area contributed by atoms with E-state index in [1.165, 1.54) is 0 Å². The van der Waals surface area contributed by atoms with E-state index in [-0.39, 0.29) is 69.7 Å². The van der Waals surface area contributed by atoms with Gasteiger partial charge in [-0.3, -0.25) is 0 Å². The van der Waals surface area contributed by atoms with Gasteiger partial charge in [0.15, 0.2) is 0 Å². The molecule has 0 aliphatic heterocycles. The Balaban J connectivity index is 0. The van der Waals surface area contributed by atoms with E-state index < -0.39 is 0 Å². The van der Waals surface area contributed by atoms with E-state index in [0.29, 0.717) is 0 Å². The van der Waals surface area contributed by atoms with Crippen molar-refractivity contribution in [1.82, 2.24) is 0 Å². The molecule has 0 saturated carbocycles. The van der Waals surface area contributed by atoms with Gasteiger partial charge in [0.05, 0.1) is 0 Å². The molecular weight excluding hydrogens is 102 g/mol. The zero-order valence-electron chi connectivity index (χ0n) is 2.46. The van der Waals surface area contributed by atoms with Crippen molar-refractivity contribution in [1.29, 1.82) is 0 Å². The Morgan fingerprint density at radius 1 is 1.00 bits per heavy atom. The maximum Gasteiger partial charge on any atom is 2.00 e. The van der Waals surface area contributed by atoms with Gasteiger partial charge in [-0.15, -0.1) is 0 Å². The van der Waals surface area contributed by atoms with Gasteiger partial charge in [-0.1, -0.05) is 0 Å². The van der Waals surface area contributed by atoms with Crippen LogP contribution in [-0.4, -0.2) is 23.1 Å². The molecule has 0 unspecified atom stereocenters. The number of rotatable bonds is 0. The molecule has 0 radical (unpaired) electrons. The third kappa shape index (κ3) is 9.01. The van der Waals surface area contributed by atoms with Crippen LogP contribution in [0.5, 0.6) is 0 Å². The predicted octanol–water partition coefficient (Wildman–Crippen LogP) is -9.37. The molecule has 0 bridgehead atoms. The molecule has 0 amide bonds. The second kappa shape index (κ2) is 20.1. The van der Waals surface area contributed by atoms with Crippen LogP contribution in [0.2, 0.25) is 0 Å². The van der Waals surface area contributed by atoms with Crippen LogP contribution in [0.3, 0.4) is 0 Å². The molecule has 0 heterocycles. The van der Waals surface area contributed by atoms with Crippen LogP contribution in [0.4, 0.5) is 0 Å². The van der Waals surface area contributed by atoms with Crippen molar-refractivity contribution in [2.45, 2.75) is 0 Å². The van der Waals surface area contributed by atoms with Crippen molar-refractivity contribution in [2.24, 2.45) is 0 Å². The Bertz CT molecular complexity index is 8.00. The van der Waals surface area contributed by atoms with E-state index in [2.05, 4.69) is 0 Å². The van der Waals surface area contributed by atoms with Crippen molar-refractivity contribution in [3.05, 3.63) is 0 Å². The van der Waals surface area contributed by atoms with E-state index in [0.717, 1.165) is 0 Å². The zero-order chi connectivity index (χ0) is 0. The van der Waals surface area contributed by atoms with Crippen LogP contribution in [-0.2, 0) is 0 Å². The van der Waals surface area contributed by atoms with E-state index in [1.807, 2.05) is 0 Å². The van der Waals surface area contributed by atoms with Crippen LogP contribution < -0.4 is 46.7 Å². The summed E-state index contributed by atoms with van der Waals surface area (Å²) in [6, 6.07) is 0. The normalized spacial score (nSPS) is 0. The van der Waals surface area contributed by atoms with Crippen LogP contribution in [0.15, 0.2) is 0 Å². The molecule has 0 aliphatic rings. The van der Waals surface area contributed by atoms with Crippen molar-refractivity contribution in [2.75, 3.05) is 0 Å². The van der Waals surface area contributed by atoms with Gasteiger partial charge in [0, 0.05) is 0 Å². The Hall–Kier alpha value is 1.99. The first kappa shape index (κ1) is 37.7. The number of halogens is 2. The van der Waals surface area contributed by atoms with Gasteiger partial charge >= 0.3 is 52.6 Å². The second-order valence-electron chi connectivity index (χ2n) is 0. The number of hydrogen-bond acceptors (Lipinski definition) is 0. The molecule has 0 aliphatic carbocycles. The Morgan fingerprint density at radius 2 is 1.00 bits per heavy atom. The third-order valence-corrected chi connectivity index (χ3v) is 0. The summed E-state index contributed by atoms with van der Waals surface area (Å²) in [7, 11) is 0. The molecule has 16 valence electrons. The summed E-state index contributed by atoms with van der Waals surface area (Å²) in [4.78, 5) is 0. The van der Waals surface area contributed by atoms with Crippen molar-refractivity contribution in [3.8, 4) is 0 Å². The standard InChI is InChI=1S/ClH.FH.Mg.Na/h2*1H;;/q;;+2;+1/p-2. The van der Waals surface area contributed by atoms with Crippen LogP contribution in [0, 0.1) is 0 Å². The summed E-state index contributed by atoms with van der Waals surface area (Å²) in [5, 5.41) is 0. The van der Waals surface area contributed by atoms with Crippen molar-refractivity contribution < 1.29 is 46.7 Å². The third-order valence-electron chi connectivity index (χ3n) is 0. The molecule has 0 spiro atoms. The Kier molecular flexibility index (Phi) is 189. The van der Waals surface area contributed by atoms with E-state index in [1.54, 1.807) is 0 Å². The van der Waals surface area contributed by atoms with Gasteiger partial charge in [-0.2, -0.15) is 0 Å². The molecular formula is ClFMgNa+. The first-order chi connectivity index (χ1) is 0. The summed E-state index contributed by atoms with van der Waals surface area (Å²) < 4.78 is 0.